The topological polar surface area (TPSA) is 21.3 Å². The number of hydrogen-bond donors (Lipinski definition) is 1. The van der Waals surface area contributed by atoms with E-state index in [9.17, 15) is 4.39 Å². The van der Waals surface area contributed by atoms with E-state index in [2.05, 4.69) is 5.32 Å². The maximum absolute atomic E-state index is 13.0. The molecule has 19 heavy (non-hydrogen) atoms. The monoisotopic (exact) mass is 263 g/mol. The highest BCUT2D eigenvalue weighted by atomic mass is 19.1. The molecule has 104 valence electrons. The third kappa shape index (κ3) is 3.54. The highest BCUT2D eigenvalue weighted by Crippen LogP contribution is 2.41. The Morgan fingerprint density at radius 2 is 1.95 bits per heavy atom. The van der Waals surface area contributed by atoms with Gasteiger partial charge in [-0.15, -0.1) is 0 Å². The lowest BCUT2D eigenvalue weighted by molar-refractivity contribution is 0.0149. The molecule has 2 nitrogen and oxygen atoms in total. The van der Waals surface area contributed by atoms with Crippen LogP contribution in [0, 0.1) is 11.7 Å². The van der Waals surface area contributed by atoms with Gasteiger partial charge in [-0.3, -0.25) is 0 Å². The van der Waals surface area contributed by atoms with E-state index in [0.717, 1.165) is 19.6 Å². The van der Waals surface area contributed by atoms with Crippen LogP contribution in [0.2, 0.25) is 0 Å². The van der Waals surface area contributed by atoms with Crippen LogP contribution in [0.5, 0.6) is 0 Å². The van der Waals surface area contributed by atoms with Crippen molar-refractivity contribution in [2.75, 3.05) is 13.2 Å². The minimum Gasteiger partial charge on any atom is -0.377 e. The molecule has 0 aromatic heterocycles. The van der Waals surface area contributed by atoms with Crippen molar-refractivity contribution in [2.45, 2.75) is 44.2 Å². The van der Waals surface area contributed by atoms with Gasteiger partial charge in [0.1, 0.15) is 5.82 Å². The van der Waals surface area contributed by atoms with Crippen LogP contribution in [0.4, 0.5) is 4.39 Å². The fourth-order valence-electron chi connectivity index (χ4n) is 2.88. The Kier molecular flexibility index (Phi) is 4.14. The zero-order valence-corrected chi connectivity index (χ0v) is 11.3. The zero-order chi connectivity index (χ0) is 13.1. The van der Waals surface area contributed by atoms with Gasteiger partial charge in [0.25, 0.3) is 0 Å². The van der Waals surface area contributed by atoms with Gasteiger partial charge in [-0.2, -0.15) is 0 Å². The van der Waals surface area contributed by atoms with Crippen molar-refractivity contribution < 1.29 is 9.13 Å². The summed E-state index contributed by atoms with van der Waals surface area (Å²) in [4.78, 5) is 0. The molecule has 0 radical (unpaired) electrons. The maximum atomic E-state index is 13.0. The van der Waals surface area contributed by atoms with E-state index in [-0.39, 0.29) is 5.82 Å². The second-order valence-electron chi connectivity index (χ2n) is 5.76. The number of benzene rings is 1. The van der Waals surface area contributed by atoms with Crippen LogP contribution in [0.15, 0.2) is 24.3 Å². The van der Waals surface area contributed by atoms with Crippen LogP contribution >= 0.6 is 0 Å². The average Bonchev–Trinajstić information content (AvgIpc) is 3.27. The van der Waals surface area contributed by atoms with E-state index in [4.69, 9.17) is 4.74 Å². The fourth-order valence-corrected chi connectivity index (χ4v) is 2.88. The molecule has 0 bridgehead atoms. The van der Waals surface area contributed by atoms with Crippen molar-refractivity contribution in [1.82, 2.24) is 5.32 Å². The Morgan fingerprint density at radius 3 is 2.58 bits per heavy atom. The lowest BCUT2D eigenvalue weighted by atomic mass is 10.0. The van der Waals surface area contributed by atoms with E-state index < -0.39 is 0 Å². The van der Waals surface area contributed by atoms with Crippen molar-refractivity contribution in [3.05, 3.63) is 35.6 Å². The summed E-state index contributed by atoms with van der Waals surface area (Å²) < 4.78 is 18.8. The molecule has 1 heterocycles. The summed E-state index contributed by atoms with van der Waals surface area (Å²) in [5.41, 5.74) is 1.21. The molecule has 0 amide bonds. The lowest BCUT2D eigenvalue weighted by Crippen LogP contribution is -2.34. The third-order valence-electron chi connectivity index (χ3n) is 4.16. The molecular weight excluding hydrogens is 241 g/mol. The number of ether oxygens (including phenoxy) is 1. The predicted octanol–water partition coefficient (Wildman–Crippen LogP) is 3.44. The number of hydrogen-bond acceptors (Lipinski definition) is 2. The molecule has 1 aromatic rings. The highest BCUT2D eigenvalue weighted by Gasteiger charge is 2.32. The van der Waals surface area contributed by atoms with Gasteiger partial charge in [-0.25, -0.2) is 4.39 Å². The fraction of sp³-hybridized carbons (Fsp3) is 0.625. The summed E-state index contributed by atoms with van der Waals surface area (Å²) in [6, 6.07) is 7.30. The number of rotatable bonds is 5. The first kappa shape index (κ1) is 13.1. The van der Waals surface area contributed by atoms with Crippen molar-refractivity contribution in [1.29, 1.82) is 0 Å². The molecule has 2 atom stereocenters. The Balaban J connectivity index is 1.59. The molecule has 1 aliphatic heterocycles. The van der Waals surface area contributed by atoms with Crippen LogP contribution in [-0.4, -0.2) is 19.3 Å². The van der Waals surface area contributed by atoms with Gasteiger partial charge >= 0.3 is 0 Å². The number of halogens is 1. The number of nitrogens with one attached hydrogen (secondary N) is 1. The van der Waals surface area contributed by atoms with Gasteiger partial charge in [-0.1, -0.05) is 12.1 Å². The summed E-state index contributed by atoms with van der Waals surface area (Å²) in [5, 5.41) is 3.64. The SMILES string of the molecule is Fc1ccc([C@H](NC[C@H]2CCCCO2)C2CC2)cc1. The largest absolute Gasteiger partial charge is 0.377 e. The van der Waals surface area contributed by atoms with E-state index in [1.165, 1.54) is 31.2 Å². The van der Waals surface area contributed by atoms with Crippen LogP contribution in [0.1, 0.15) is 43.7 Å². The quantitative estimate of drug-likeness (QED) is 0.878. The third-order valence-corrected chi connectivity index (χ3v) is 4.16. The molecule has 1 saturated carbocycles. The second-order valence-corrected chi connectivity index (χ2v) is 5.76. The smallest absolute Gasteiger partial charge is 0.123 e. The first-order valence-corrected chi connectivity index (χ1v) is 7.43. The van der Waals surface area contributed by atoms with Gasteiger partial charge in [0, 0.05) is 19.2 Å². The molecule has 1 aliphatic carbocycles. The van der Waals surface area contributed by atoms with Crippen molar-refractivity contribution >= 4 is 0 Å². The van der Waals surface area contributed by atoms with Crippen molar-refractivity contribution in [3.63, 3.8) is 0 Å². The minimum atomic E-state index is -0.158. The molecule has 1 aromatic carbocycles. The first-order valence-electron chi connectivity index (χ1n) is 7.43. The average molecular weight is 263 g/mol. The van der Waals surface area contributed by atoms with Crippen LogP contribution in [0.25, 0.3) is 0 Å². The molecule has 0 unspecified atom stereocenters. The Morgan fingerprint density at radius 1 is 1.16 bits per heavy atom. The Labute approximate surface area is 114 Å². The van der Waals surface area contributed by atoms with Gasteiger partial charge in [0.05, 0.1) is 6.10 Å². The first-order chi connectivity index (χ1) is 9.33. The van der Waals surface area contributed by atoms with E-state index in [0.29, 0.717) is 18.1 Å². The lowest BCUT2D eigenvalue weighted by Gasteiger charge is -2.26. The highest BCUT2D eigenvalue weighted by molar-refractivity contribution is 5.22. The molecule has 3 heteroatoms. The summed E-state index contributed by atoms with van der Waals surface area (Å²) in [6.07, 6.45) is 6.54. The molecule has 0 spiro atoms. The maximum Gasteiger partial charge on any atom is 0.123 e. The Hall–Kier alpha value is -0.930. The molecular formula is C16H22FNO. The van der Waals surface area contributed by atoms with Gasteiger partial charge < -0.3 is 10.1 Å². The molecule has 3 rings (SSSR count). The minimum absolute atomic E-state index is 0.158. The second kappa shape index (κ2) is 6.02. The van der Waals surface area contributed by atoms with Gasteiger partial charge in [0.15, 0.2) is 0 Å². The zero-order valence-electron chi connectivity index (χ0n) is 11.3. The Bertz CT molecular complexity index is 396. The van der Waals surface area contributed by atoms with Gasteiger partial charge in [-0.05, 0) is 55.7 Å². The molecule has 1 N–H and O–H groups in total. The molecule has 2 fully saturated rings. The van der Waals surface area contributed by atoms with Crippen LogP contribution < -0.4 is 5.32 Å². The summed E-state index contributed by atoms with van der Waals surface area (Å²) in [7, 11) is 0. The van der Waals surface area contributed by atoms with Crippen LogP contribution in [-0.2, 0) is 4.74 Å². The molecule has 1 saturated heterocycles. The standard InChI is InChI=1S/C16H22FNO/c17-14-8-6-13(7-9-14)16(12-4-5-12)18-11-15-3-1-2-10-19-15/h6-9,12,15-16,18H,1-5,10-11H2/t15-,16-/m1/s1. The molecule has 2 aliphatic rings. The van der Waals surface area contributed by atoms with E-state index in [1.54, 1.807) is 12.1 Å². The van der Waals surface area contributed by atoms with Crippen LogP contribution in [0.3, 0.4) is 0 Å². The predicted molar refractivity (Wildman–Crippen MR) is 73.5 cm³/mol. The van der Waals surface area contributed by atoms with Gasteiger partial charge in [0.2, 0.25) is 0 Å². The summed E-state index contributed by atoms with van der Waals surface area (Å²) >= 11 is 0. The summed E-state index contributed by atoms with van der Waals surface area (Å²) in [6.45, 7) is 1.82. The normalized spacial score (nSPS) is 25.2. The van der Waals surface area contributed by atoms with Crippen molar-refractivity contribution in [3.8, 4) is 0 Å². The van der Waals surface area contributed by atoms with Crippen molar-refractivity contribution in [2.24, 2.45) is 5.92 Å². The van der Waals surface area contributed by atoms with E-state index >= 15 is 0 Å². The summed E-state index contributed by atoms with van der Waals surface area (Å²) in [5.74, 6) is 0.558. The van der Waals surface area contributed by atoms with E-state index in [1.807, 2.05) is 12.1 Å².